The van der Waals surface area contributed by atoms with Gasteiger partial charge in [0.25, 0.3) is 0 Å². The first kappa shape index (κ1) is 14.8. The van der Waals surface area contributed by atoms with Crippen LogP contribution in [-0.4, -0.2) is 52.3 Å². The molecule has 0 aromatic rings. The van der Waals surface area contributed by atoms with Crippen molar-refractivity contribution in [1.82, 2.24) is 0 Å². The molecule has 2 atom stereocenters. The van der Waals surface area contributed by atoms with Crippen LogP contribution in [-0.2, 0) is 33.3 Å². The Balaban J connectivity index is 2.32. The van der Waals surface area contributed by atoms with Crippen LogP contribution in [0.1, 0.15) is 6.92 Å². The minimum atomic E-state index is -0.673. The van der Waals surface area contributed by atoms with Crippen molar-refractivity contribution in [1.29, 1.82) is 0 Å². The zero-order valence-corrected chi connectivity index (χ0v) is 11.7. The van der Waals surface area contributed by atoms with E-state index in [0.29, 0.717) is 5.57 Å². The van der Waals surface area contributed by atoms with Gasteiger partial charge in [0.05, 0.1) is 12.5 Å². The van der Waals surface area contributed by atoms with E-state index in [4.69, 9.17) is 23.7 Å². The molecule has 20 heavy (non-hydrogen) atoms. The van der Waals surface area contributed by atoms with E-state index in [0.717, 1.165) is 0 Å². The quantitative estimate of drug-likeness (QED) is 0.529. The number of esters is 2. The molecule has 0 saturated heterocycles. The average Bonchev–Trinajstić information content (AvgIpc) is 2.82. The fourth-order valence-corrected chi connectivity index (χ4v) is 2.53. The standard InChI is InChI=1S/C13H18O7/c1-4-18-11(14)8-6-19-10-7(5-20-12(10)15)9(8)13(16-2)17-3/h8-9,13H,4-6H2,1-3H3. The Morgan fingerprint density at radius 3 is 2.65 bits per heavy atom. The lowest BCUT2D eigenvalue weighted by Gasteiger charge is -2.34. The second kappa shape index (κ2) is 6.23. The van der Waals surface area contributed by atoms with Gasteiger partial charge in [0.15, 0.2) is 6.29 Å². The first-order chi connectivity index (χ1) is 9.63. The largest absolute Gasteiger partial charge is 0.486 e. The summed E-state index contributed by atoms with van der Waals surface area (Å²) in [6.45, 7) is 2.13. The van der Waals surface area contributed by atoms with Crippen LogP contribution in [0.5, 0.6) is 0 Å². The van der Waals surface area contributed by atoms with Crippen molar-refractivity contribution >= 4 is 11.9 Å². The summed E-state index contributed by atoms with van der Waals surface area (Å²) in [4.78, 5) is 23.6. The summed E-state index contributed by atoms with van der Waals surface area (Å²) in [5.74, 6) is -1.80. The number of ether oxygens (including phenoxy) is 5. The molecule has 2 aliphatic rings. The summed E-state index contributed by atoms with van der Waals surface area (Å²) in [5, 5.41) is 0. The molecule has 2 aliphatic heterocycles. The molecule has 0 aliphatic carbocycles. The number of rotatable bonds is 5. The maximum Gasteiger partial charge on any atom is 0.374 e. The highest BCUT2D eigenvalue weighted by molar-refractivity contribution is 5.90. The molecule has 0 aromatic heterocycles. The molecule has 7 nitrogen and oxygen atoms in total. The zero-order valence-electron chi connectivity index (χ0n) is 11.7. The lowest BCUT2D eigenvalue weighted by Crippen LogP contribution is -2.43. The molecular formula is C13H18O7. The smallest absolute Gasteiger partial charge is 0.374 e. The molecule has 112 valence electrons. The highest BCUT2D eigenvalue weighted by atomic mass is 16.7. The van der Waals surface area contributed by atoms with Crippen LogP contribution in [0.2, 0.25) is 0 Å². The lowest BCUT2D eigenvalue weighted by molar-refractivity contribution is -0.173. The molecule has 0 aromatic carbocycles. The monoisotopic (exact) mass is 286 g/mol. The Labute approximate surface area is 116 Å². The van der Waals surface area contributed by atoms with Crippen LogP contribution in [0.3, 0.4) is 0 Å². The number of methoxy groups -OCH3 is 2. The average molecular weight is 286 g/mol. The Kier molecular flexibility index (Phi) is 4.61. The van der Waals surface area contributed by atoms with E-state index in [9.17, 15) is 9.59 Å². The van der Waals surface area contributed by atoms with Gasteiger partial charge < -0.3 is 23.7 Å². The van der Waals surface area contributed by atoms with E-state index in [-0.39, 0.29) is 25.6 Å². The van der Waals surface area contributed by atoms with Crippen LogP contribution in [0.25, 0.3) is 0 Å². The van der Waals surface area contributed by atoms with Crippen molar-refractivity contribution in [2.45, 2.75) is 13.2 Å². The molecule has 2 heterocycles. The Bertz CT molecular complexity index is 424. The van der Waals surface area contributed by atoms with Gasteiger partial charge in [-0.25, -0.2) is 4.79 Å². The lowest BCUT2D eigenvalue weighted by atomic mass is 9.83. The van der Waals surface area contributed by atoms with Gasteiger partial charge in [-0.05, 0) is 6.92 Å². The molecule has 0 bridgehead atoms. The number of carbonyl (C=O) groups is 2. The second-order valence-electron chi connectivity index (χ2n) is 4.47. The van der Waals surface area contributed by atoms with Crippen molar-refractivity contribution in [2.75, 3.05) is 34.0 Å². The molecule has 0 radical (unpaired) electrons. The van der Waals surface area contributed by atoms with E-state index in [1.807, 2.05) is 0 Å². The molecule has 2 rings (SSSR count). The molecule has 0 N–H and O–H groups in total. The summed E-state index contributed by atoms with van der Waals surface area (Å²) < 4.78 is 25.9. The van der Waals surface area contributed by atoms with Crippen LogP contribution in [0.15, 0.2) is 11.3 Å². The normalized spacial score (nSPS) is 25.3. The molecule has 0 spiro atoms. The van der Waals surface area contributed by atoms with Crippen LogP contribution in [0.4, 0.5) is 0 Å². The van der Waals surface area contributed by atoms with E-state index >= 15 is 0 Å². The second-order valence-corrected chi connectivity index (χ2v) is 4.47. The van der Waals surface area contributed by atoms with Gasteiger partial charge in [-0.3, -0.25) is 4.79 Å². The Hall–Kier alpha value is -1.60. The van der Waals surface area contributed by atoms with Crippen LogP contribution >= 0.6 is 0 Å². The van der Waals surface area contributed by atoms with Gasteiger partial charge in [0, 0.05) is 19.8 Å². The number of cyclic esters (lactones) is 1. The summed E-state index contributed by atoms with van der Waals surface area (Å²) >= 11 is 0. The van der Waals surface area contributed by atoms with E-state index in [1.54, 1.807) is 6.92 Å². The fourth-order valence-electron chi connectivity index (χ4n) is 2.53. The first-order valence-electron chi connectivity index (χ1n) is 6.39. The molecule has 0 saturated carbocycles. The van der Waals surface area contributed by atoms with Crippen molar-refractivity contribution in [3.8, 4) is 0 Å². The minimum absolute atomic E-state index is 0.0423. The van der Waals surface area contributed by atoms with Gasteiger partial charge >= 0.3 is 11.9 Å². The molecule has 0 amide bonds. The minimum Gasteiger partial charge on any atom is -0.486 e. The third-order valence-electron chi connectivity index (χ3n) is 3.43. The molecular weight excluding hydrogens is 268 g/mol. The third kappa shape index (κ3) is 2.51. The van der Waals surface area contributed by atoms with E-state index in [1.165, 1.54) is 14.2 Å². The van der Waals surface area contributed by atoms with Crippen LogP contribution in [0, 0.1) is 11.8 Å². The van der Waals surface area contributed by atoms with Crippen LogP contribution < -0.4 is 0 Å². The highest BCUT2D eigenvalue weighted by Gasteiger charge is 2.47. The van der Waals surface area contributed by atoms with Crippen molar-refractivity contribution < 1.29 is 33.3 Å². The zero-order chi connectivity index (χ0) is 14.7. The van der Waals surface area contributed by atoms with Gasteiger partial charge in [-0.15, -0.1) is 0 Å². The predicted molar refractivity (Wildman–Crippen MR) is 65.4 cm³/mol. The summed E-state index contributed by atoms with van der Waals surface area (Å²) in [7, 11) is 2.95. The number of hydrogen-bond donors (Lipinski definition) is 0. The SMILES string of the molecule is CCOC(=O)C1COC2=C(COC2=O)C1C(OC)OC. The number of hydrogen-bond acceptors (Lipinski definition) is 7. The van der Waals surface area contributed by atoms with Gasteiger partial charge in [-0.2, -0.15) is 0 Å². The topological polar surface area (TPSA) is 80.3 Å². The first-order valence-corrected chi connectivity index (χ1v) is 6.39. The molecule has 0 fully saturated rings. The Morgan fingerprint density at radius 2 is 2.05 bits per heavy atom. The van der Waals surface area contributed by atoms with Gasteiger partial charge in [0.2, 0.25) is 5.76 Å². The maximum atomic E-state index is 12.1. The summed E-state index contributed by atoms with van der Waals surface area (Å²) in [5.41, 5.74) is 0.591. The summed E-state index contributed by atoms with van der Waals surface area (Å²) in [6, 6.07) is 0. The predicted octanol–water partition coefficient (Wildman–Crippen LogP) is 0.242. The maximum absolute atomic E-state index is 12.1. The number of carbonyl (C=O) groups excluding carboxylic acids is 2. The van der Waals surface area contributed by atoms with Crippen molar-refractivity contribution in [3.63, 3.8) is 0 Å². The van der Waals surface area contributed by atoms with Crippen molar-refractivity contribution in [3.05, 3.63) is 11.3 Å². The third-order valence-corrected chi connectivity index (χ3v) is 3.43. The Morgan fingerprint density at radius 1 is 1.35 bits per heavy atom. The molecule has 7 heteroatoms. The van der Waals surface area contributed by atoms with E-state index in [2.05, 4.69) is 0 Å². The van der Waals surface area contributed by atoms with Crippen molar-refractivity contribution in [2.24, 2.45) is 11.8 Å². The summed E-state index contributed by atoms with van der Waals surface area (Å²) in [6.07, 6.45) is -0.673. The van der Waals surface area contributed by atoms with Gasteiger partial charge in [0.1, 0.15) is 19.1 Å². The molecule has 2 unspecified atom stereocenters. The van der Waals surface area contributed by atoms with Gasteiger partial charge in [-0.1, -0.05) is 0 Å². The van der Waals surface area contributed by atoms with E-state index < -0.39 is 30.1 Å². The fraction of sp³-hybridized carbons (Fsp3) is 0.692. The highest BCUT2D eigenvalue weighted by Crippen LogP contribution is 2.38.